The highest BCUT2D eigenvalue weighted by Crippen LogP contribution is 2.12. The summed E-state index contributed by atoms with van der Waals surface area (Å²) in [6.07, 6.45) is 10.2. The first-order chi connectivity index (χ1) is 6.28. The molecule has 0 bridgehead atoms. The molecule has 0 radical (unpaired) electrons. The van der Waals surface area contributed by atoms with Crippen LogP contribution in [0.25, 0.3) is 0 Å². The SMILES string of the molecule is C/C=C/C/C(=C/C(C=O)CC)CC. The van der Waals surface area contributed by atoms with Gasteiger partial charge in [-0.05, 0) is 26.2 Å². The molecule has 0 aliphatic carbocycles. The van der Waals surface area contributed by atoms with Crippen LogP contribution in [0.3, 0.4) is 0 Å². The van der Waals surface area contributed by atoms with Crippen molar-refractivity contribution in [1.82, 2.24) is 0 Å². The maximum absolute atomic E-state index is 10.6. The van der Waals surface area contributed by atoms with Crippen LogP contribution in [0.1, 0.15) is 40.0 Å². The lowest BCUT2D eigenvalue weighted by Crippen LogP contribution is -1.97. The number of aldehydes is 1. The topological polar surface area (TPSA) is 17.1 Å². The predicted molar refractivity (Wildman–Crippen MR) is 57.7 cm³/mol. The van der Waals surface area contributed by atoms with E-state index in [0.29, 0.717) is 0 Å². The van der Waals surface area contributed by atoms with Crippen molar-refractivity contribution in [3.8, 4) is 0 Å². The molecule has 0 rings (SSSR count). The van der Waals surface area contributed by atoms with Gasteiger partial charge >= 0.3 is 0 Å². The monoisotopic (exact) mass is 180 g/mol. The lowest BCUT2D eigenvalue weighted by atomic mass is 10.0. The van der Waals surface area contributed by atoms with Gasteiger partial charge in [0.1, 0.15) is 6.29 Å². The quantitative estimate of drug-likeness (QED) is 0.451. The molecule has 0 amide bonds. The van der Waals surface area contributed by atoms with E-state index in [9.17, 15) is 4.79 Å². The van der Waals surface area contributed by atoms with E-state index in [-0.39, 0.29) is 5.92 Å². The van der Waals surface area contributed by atoms with Crippen LogP contribution >= 0.6 is 0 Å². The van der Waals surface area contributed by atoms with Crippen molar-refractivity contribution >= 4 is 6.29 Å². The number of carbonyl (C=O) groups is 1. The summed E-state index contributed by atoms with van der Waals surface area (Å²) in [6, 6.07) is 0. The van der Waals surface area contributed by atoms with Crippen LogP contribution in [0.2, 0.25) is 0 Å². The summed E-state index contributed by atoms with van der Waals surface area (Å²) in [4.78, 5) is 10.6. The van der Waals surface area contributed by atoms with Gasteiger partial charge < -0.3 is 4.79 Å². The Morgan fingerprint density at radius 1 is 1.38 bits per heavy atom. The van der Waals surface area contributed by atoms with Crippen LogP contribution in [-0.4, -0.2) is 6.29 Å². The number of allylic oxidation sites excluding steroid dienone is 4. The molecular formula is C12H20O. The summed E-state index contributed by atoms with van der Waals surface area (Å²) < 4.78 is 0. The van der Waals surface area contributed by atoms with Gasteiger partial charge in [-0.25, -0.2) is 0 Å². The van der Waals surface area contributed by atoms with Crippen molar-refractivity contribution in [2.24, 2.45) is 5.92 Å². The van der Waals surface area contributed by atoms with Crippen LogP contribution < -0.4 is 0 Å². The molecule has 1 unspecified atom stereocenters. The summed E-state index contributed by atoms with van der Waals surface area (Å²) in [6.45, 7) is 6.19. The molecule has 74 valence electrons. The van der Waals surface area contributed by atoms with Crippen molar-refractivity contribution < 1.29 is 4.79 Å². The summed E-state index contributed by atoms with van der Waals surface area (Å²) >= 11 is 0. The minimum absolute atomic E-state index is 0.111. The van der Waals surface area contributed by atoms with E-state index in [0.717, 1.165) is 25.5 Å². The number of hydrogen-bond acceptors (Lipinski definition) is 1. The van der Waals surface area contributed by atoms with E-state index in [1.54, 1.807) is 0 Å². The Morgan fingerprint density at radius 3 is 2.46 bits per heavy atom. The molecule has 0 aromatic rings. The predicted octanol–water partition coefficient (Wildman–Crippen LogP) is 3.51. The Labute approximate surface area is 81.5 Å². The second-order valence-electron chi connectivity index (χ2n) is 3.16. The van der Waals surface area contributed by atoms with E-state index in [1.165, 1.54) is 5.57 Å². The molecule has 0 aliphatic rings. The van der Waals surface area contributed by atoms with Gasteiger partial charge in [-0.1, -0.05) is 37.6 Å². The van der Waals surface area contributed by atoms with Gasteiger partial charge in [-0.2, -0.15) is 0 Å². The molecule has 13 heavy (non-hydrogen) atoms. The van der Waals surface area contributed by atoms with Crippen molar-refractivity contribution in [3.05, 3.63) is 23.8 Å². The molecule has 0 saturated heterocycles. The molecular weight excluding hydrogens is 160 g/mol. The summed E-state index contributed by atoms with van der Waals surface area (Å²) in [5.41, 5.74) is 1.36. The van der Waals surface area contributed by atoms with Crippen molar-refractivity contribution in [3.63, 3.8) is 0 Å². The van der Waals surface area contributed by atoms with E-state index >= 15 is 0 Å². The van der Waals surface area contributed by atoms with Gasteiger partial charge in [0.25, 0.3) is 0 Å². The lowest BCUT2D eigenvalue weighted by Gasteiger charge is -2.04. The van der Waals surface area contributed by atoms with E-state index < -0.39 is 0 Å². The van der Waals surface area contributed by atoms with Crippen LogP contribution in [0.5, 0.6) is 0 Å². The zero-order valence-electron chi connectivity index (χ0n) is 8.92. The molecule has 1 atom stereocenters. The van der Waals surface area contributed by atoms with Gasteiger partial charge in [0, 0.05) is 5.92 Å². The molecule has 1 heteroatoms. The fourth-order valence-electron chi connectivity index (χ4n) is 1.16. The third kappa shape index (κ3) is 5.40. The fraction of sp³-hybridized carbons (Fsp3) is 0.583. The Morgan fingerprint density at radius 2 is 2.08 bits per heavy atom. The molecule has 0 spiro atoms. The second kappa shape index (κ2) is 7.78. The molecule has 0 N–H and O–H groups in total. The molecule has 1 nitrogen and oxygen atoms in total. The van der Waals surface area contributed by atoms with Gasteiger partial charge in [0.15, 0.2) is 0 Å². The van der Waals surface area contributed by atoms with Gasteiger partial charge in [0.05, 0.1) is 0 Å². The van der Waals surface area contributed by atoms with Crippen LogP contribution in [0.4, 0.5) is 0 Å². The van der Waals surface area contributed by atoms with Crippen molar-refractivity contribution in [2.45, 2.75) is 40.0 Å². The molecule has 0 aliphatic heterocycles. The Balaban J connectivity index is 4.25. The zero-order valence-corrected chi connectivity index (χ0v) is 8.92. The first-order valence-electron chi connectivity index (χ1n) is 5.04. The molecule has 0 saturated carbocycles. The van der Waals surface area contributed by atoms with E-state index in [1.807, 2.05) is 19.9 Å². The normalized spacial score (nSPS) is 14.8. The van der Waals surface area contributed by atoms with Gasteiger partial charge in [-0.15, -0.1) is 0 Å². The lowest BCUT2D eigenvalue weighted by molar-refractivity contribution is -0.110. The standard InChI is InChI=1S/C12H20O/c1-4-7-8-11(5-2)9-12(6-3)10-13/h4,7,9-10,12H,5-6,8H2,1-3H3/b7-4+,11-9+. The smallest absolute Gasteiger partial charge is 0.126 e. The van der Waals surface area contributed by atoms with Crippen LogP contribution in [0.15, 0.2) is 23.8 Å². The first-order valence-corrected chi connectivity index (χ1v) is 5.04. The van der Waals surface area contributed by atoms with Crippen LogP contribution in [-0.2, 0) is 4.79 Å². The number of rotatable bonds is 6. The average Bonchev–Trinajstić information content (AvgIpc) is 2.19. The second-order valence-corrected chi connectivity index (χ2v) is 3.16. The highest BCUT2D eigenvalue weighted by Gasteiger charge is 2.00. The Kier molecular flexibility index (Phi) is 7.27. The largest absolute Gasteiger partial charge is 0.303 e. The Bertz CT molecular complexity index is 189. The third-order valence-corrected chi connectivity index (χ3v) is 2.17. The number of carbonyl (C=O) groups excluding carboxylic acids is 1. The molecule has 0 heterocycles. The average molecular weight is 180 g/mol. The summed E-state index contributed by atoms with van der Waals surface area (Å²) in [7, 11) is 0. The molecule has 0 aromatic carbocycles. The Hall–Kier alpha value is -0.850. The van der Waals surface area contributed by atoms with Crippen molar-refractivity contribution in [1.29, 1.82) is 0 Å². The highest BCUT2D eigenvalue weighted by atomic mass is 16.1. The minimum Gasteiger partial charge on any atom is -0.303 e. The molecule has 0 fully saturated rings. The fourth-order valence-corrected chi connectivity index (χ4v) is 1.16. The summed E-state index contributed by atoms with van der Waals surface area (Å²) in [5, 5.41) is 0. The molecule has 0 aromatic heterocycles. The first kappa shape index (κ1) is 12.2. The number of hydrogen-bond donors (Lipinski definition) is 0. The van der Waals surface area contributed by atoms with Crippen molar-refractivity contribution in [2.75, 3.05) is 0 Å². The zero-order chi connectivity index (χ0) is 10.1. The van der Waals surface area contributed by atoms with Gasteiger partial charge in [-0.3, -0.25) is 0 Å². The highest BCUT2D eigenvalue weighted by molar-refractivity contribution is 5.56. The minimum atomic E-state index is 0.111. The van der Waals surface area contributed by atoms with Crippen LogP contribution in [0, 0.1) is 5.92 Å². The third-order valence-electron chi connectivity index (χ3n) is 2.17. The summed E-state index contributed by atoms with van der Waals surface area (Å²) in [5.74, 6) is 0.111. The van der Waals surface area contributed by atoms with Gasteiger partial charge in [0.2, 0.25) is 0 Å². The maximum atomic E-state index is 10.6. The van der Waals surface area contributed by atoms with E-state index in [2.05, 4.69) is 19.1 Å². The van der Waals surface area contributed by atoms with E-state index in [4.69, 9.17) is 0 Å². The maximum Gasteiger partial charge on any atom is 0.126 e.